The minimum absolute atomic E-state index is 0.118. The van der Waals surface area contributed by atoms with Gasteiger partial charge in [-0.05, 0) is 54.0 Å². The van der Waals surface area contributed by atoms with E-state index in [-0.39, 0.29) is 11.9 Å². The van der Waals surface area contributed by atoms with Crippen LogP contribution in [0.2, 0.25) is 0 Å². The SMILES string of the molecule is CCC1c2ccsc2CCN1C(=O)C=Cc1ccccc1C. The Hall–Kier alpha value is -1.87. The summed E-state index contributed by atoms with van der Waals surface area (Å²) in [4.78, 5) is 16.1. The zero-order valence-electron chi connectivity index (χ0n) is 13.1. The molecule has 0 fully saturated rings. The molecule has 2 aromatic rings. The lowest BCUT2D eigenvalue weighted by atomic mass is 9.97. The number of thiophene rings is 1. The molecule has 114 valence electrons. The maximum absolute atomic E-state index is 12.6. The molecule has 1 unspecified atom stereocenters. The molecule has 3 heteroatoms. The molecule has 2 nitrogen and oxygen atoms in total. The van der Waals surface area contributed by atoms with Gasteiger partial charge in [0.25, 0.3) is 0 Å². The highest BCUT2D eigenvalue weighted by Gasteiger charge is 2.29. The zero-order valence-corrected chi connectivity index (χ0v) is 13.9. The molecule has 0 N–H and O–H groups in total. The lowest BCUT2D eigenvalue weighted by molar-refractivity contribution is -0.128. The van der Waals surface area contributed by atoms with E-state index in [2.05, 4.69) is 31.4 Å². The Kier molecular flexibility index (Phi) is 4.44. The van der Waals surface area contributed by atoms with Crippen LogP contribution in [0.5, 0.6) is 0 Å². The van der Waals surface area contributed by atoms with Crippen LogP contribution >= 0.6 is 11.3 Å². The molecule has 0 saturated carbocycles. The highest BCUT2D eigenvalue weighted by Crippen LogP contribution is 2.35. The summed E-state index contributed by atoms with van der Waals surface area (Å²) in [5, 5.41) is 2.14. The van der Waals surface area contributed by atoms with Gasteiger partial charge in [0.15, 0.2) is 0 Å². The van der Waals surface area contributed by atoms with Crippen molar-refractivity contribution in [1.29, 1.82) is 0 Å². The lowest BCUT2D eigenvalue weighted by Crippen LogP contribution is -2.38. The summed E-state index contributed by atoms with van der Waals surface area (Å²) in [6, 6.07) is 10.5. The van der Waals surface area contributed by atoms with Crippen LogP contribution in [0, 0.1) is 6.92 Å². The normalized spacial score (nSPS) is 17.7. The molecule has 1 amide bonds. The van der Waals surface area contributed by atoms with Gasteiger partial charge < -0.3 is 4.90 Å². The van der Waals surface area contributed by atoms with Gasteiger partial charge in [0.05, 0.1) is 6.04 Å². The second-order valence-corrected chi connectivity index (χ2v) is 6.70. The van der Waals surface area contributed by atoms with Crippen LogP contribution < -0.4 is 0 Å². The Morgan fingerprint density at radius 3 is 2.95 bits per heavy atom. The average Bonchev–Trinajstić information content (AvgIpc) is 3.01. The fourth-order valence-corrected chi connectivity index (χ4v) is 4.06. The standard InChI is InChI=1S/C19H21NOS/c1-3-17-16-11-13-22-18(16)10-12-20(17)19(21)9-8-15-7-5-4-6-14(15)2/h4-9,11,13,17H,3,10,12H2,1-2H3. The van der Waals surface area contributed by atoms with Gasteiger partial charge in [-0.2, -0.15) is 0 Å². The van der Waals surface area contributed by atoms with Crippen molar-refractivity contribution in [3.63, 3.8) is 0 Å². The van der Waals surface area contributed by atoms with Crippen molar-refractivity contribution in [2.75, 3.05) is 6.54 Å². The number of rotatable bonds is 3. The number of carbonyl (C=O) groups is 1. The van der Waals surface area contributed by atoms with E-state index in [0.29, 0.717) is 0 Å². The Balaban J connectivity index is 1.79. The largest absolute Gasteiger partial charge is 0.332 e. The van der Waals surface area contributed by atoms with Crippen molar-refractivity contribution in [3.8, 4) is 0 Å². The van der Waals surface area contributed by atoms with Crippen molar-refractivity contribution in [2.45, 2.75) is 32.7 Å². The number of hydrogen-bond acceptors (Lipinski definition) is 2. The van der Waals surface area contributed by atoms with Gasteiger partial charge in [-0.25, -0.2) is 0 Å². The number of amides is 1. The maximum Gasteiger partial charge on any atom is 0.247 e. The highest BCUT2D eigenvalue weighted by atomic mass is 32.1. The van der Waals surface area contributed by atoms with E-state index >= 15 is 0 Å². The number of fused-ring (bicyclic) bond motifs is 1. The van der Waals surface area contributed by atoms with Crippen LogP contribution in [0.15, 0.2) is 41.8 Å². The van der Waals surface area contributed by atoms with Crippen molar-refractivity contribution < 1.29 is 4.79 Å². The fraction of sp³-hybridized carbons (Fsp3) is 0.316. The van der Waals surface area contributed by atoms with E-state index in [4.69, 9.17) is 0 Å². The first kappa shape index (κ1) is 15.0. The van der Waals surface area contributed by atoms with E-state index in [9.17, 15) is 4.79 Å². The Labute approximate surface area is 136 Å². The molecule has 0 spiro atoms. The second kappa shape index (κ2) is 6.49. The molecule has 1 aromatic heterocycles. The lowest BCUT2D eigenvalue weighted by Gasteiger charge is -2.34. The maximum atomic E-state index is 12.6. The van der Waals surface area contributed by atoms with Crippen LogP contribution in [-0.2, 0) is 11.2 Å². The van der Waals surface area contributed by atoms with Crippen LogP contribution in [0.25, 0.3) is 6.08 Å². The summed E-state index contributed by atoms with van der Waals surface area (Å²) in [7, 11) is 0. The summed E-state index contributed by atoms with van der Waals surface area (Å²) in [5.41, 5.74) is 3.64. The number of nitrogens with zero attached hydrogens (tertiary/aromatic N) is 1. The summed E-state index contributed by atoms with van der Waals surface area (Å²) < 4.78 is 0. The molecule has 1 atom stereocenters. The van der Waals surface area contributed by atoms with Crippen LogP contribution in [-0.4, -0.2) is 17.4 Å². The number of benzene rings is 1. The Morgan fingerprint density at radius 1 is 1.36 bits per heavy atom. The van der Waals surface area contributed by atoms with Gasteiger partial charge in [-0.1, -0.05) is 31.2 Å². The van der Waals surface area contributed by atoms with Gasteiger partial charge >= 0.3 is 0 Å². The topological polar surface area (TPSA) is 20.3 Å². The van der Waals surface area contributed by atoms with E-state index in [0.717, 1.165) is 24.9 Å². The van der Waals surface area contributed by atoms with Crippen molar-refractivity contribution in [1.82, 2.24) is 4.90 Å². The zero-order chi connectivity index (χ0) is 15.5. The van der Waals surface area contributed by atoms with Crippen LogP contribution in [0.1, 0.15) is 41.0 Å². The van der Waals surface area contributed by atoms with Crippen molar-refractivity contribution in [3.05, 3.63) is 63.4 Å². The first-order valence-electron chi connectivity index (χ1n) is 7.81. The number of hydrogen-bond donors (Lipinski definition) is 0. The van der Waals surface area contributed by atoms with Crippen molar-refractivity contribution >= 4 is 23.3 Å². The van der Waals surface area contributed by atoms with Gasteiger partial charge in [-0.15, -0.1) is 11.3 Å². The van der Waals surface area contributed by atoms with E-state index < -0.39 is 0 Å². The monoisotopic (exact) mass is 311 g/mol. The van der Waals surface area contributed by atoms with Crippen molar-refractivity contribution in [2.24, 2.45) is 0 Å². The van der Waals surface area contributed by atoms with Gasteiger partial charge in [0.1, 0.15) is 0 Å². The molecule has 0 radical (unpaired) electrons. The summed E-state index contributed by atoms with van der Waals surface area (Å²) in [5.74, 6) is 0.118. The fourth-order valence-electron chi connectivity index (χ4n) is 3.13. The summed E-state index contributed by atoms with van der Waals surface area (Å²) in [6.45, 7) is 5.04. The predicted octanol–water partition coefficient (Wildman–Crippen LogP) is 4.61. The van der Waals surface area contributed by atoms with Crippen LogP contribution in [0.3, 0.4) is 0 Å². The third-order valence-corrected chi connectivity index (χ3v) is 5.36. The quantitative estimate of drug-likeness (QED) is 0.758. The molecule has 1 aliphatic heterocycles. The van der Waals surface area contributed by atoms with E-state index in [1.807, 2.05) is 40.5 Å². The Bertz CT molecular complexity index is 701. The molecule has 3 rings (SSSR count). The first-order chi connectivity index (χ1) is 10.7. The molecule has 0 bridgehead atoms. The first-order valence-corrected chi connectivity index (χ1v) is 8.69. The minimum atomic E-state index is 0.118. The molecular weight excluding hydrogens is 290 g/mol. The van der Waals surface area contributed by atoms with Gasteiger partial charge in [-0.3, -0.25) is 4.79 Å². The third-order valence-electron chi connectivity index (χ3n) is 4.36. The van der Waals surface area contributed by atoms with E-state index in [1.54, 1.807) is 6.08 Å². The minimum Gasteiger partial charge on any atom is -0.332 e. The predicted molar refractivity (Wildman–Crippen MR) is 93.0 cm³/mol. The molecule has 0 saturated heterocycles. The molecule has 2 heterocycles. The molecular formula is C19H21NOS. The number of aryl methyl sites for hydroxylation is 1. The number of carbonyl (C=O) groups excluding carboxylic acids is 1. The smallest absolute Gasteiger partial charge is 0.247 e. The highest BCUT2D eigenvalue weighted by molar-refractivity contribution is 7.10. The summed E-state index contributed by atoms with van der Waals surface area (Å²) >= 11 is 1.81. The molecule has 1 aliphatic rings. The average molecular weight is 311 g/mol. The van der Waals surface area contributed by atoms with Crippen LogP contribution in [0.4, 0.5) is 0 Å². The van der Waals surface area contributed by atoms with Gasteiger partial charge in [0.2, 0.25) is 5.91 Å². The molecule has 0 aliphatic carbocycles. The molecule has 1 aromatic carbocycles. The second-order valence-electron chi connectivity index (χ2n) is 5.69. The summed E-state index contributed by atoms with van der Waals surface area (Å²) in [6.07, 6.45) is 5.61. The Morgan fingerprint density at radius 2 is 2.18 bits per heavy atom. The van der Waals surface area contributed by atoms with E-state index in [1.165, 1.54) is 16.0 Å². The van der Waals surface area contributed by atoms with Gasteiger partial charge in [0, 0.05) is 17.5 Å². The third kappa shape index (κ3) is 2.86. The molecule has 22 heavy (non-hydrogen) atoms.